The van der Waals surface area contributed by atoms with Crippen molar-refractivity contribution in [2.24, 2.45) is 5.41 Å². The van der Waals surface area contributed by atoms with Crippen LogP contribution in [-0.2, 0) is 13.0 Å². The maximum atomic E-state index is 13.5. The van der Waals surface area contributed by atoms with Crippen LogP contribution in [0.25, 0.3) is 11.0 Å². The van der Waals surface area contributed by atoms with E-state index in [0.29, 0.717) is 33.4 Å². The maximum Gasteiger partial charge on any atom is 0.293 e. The Kier molecular flexibility index (Phi) is 8.60. The van der Waals surface area contributed by atoms with Gasteiger partial charge in [0, 0.05) is 98.0 Å². The number of nitrogens with two attached hydrogens (primary N) is 1. The van der Waals surface area contributed by atoms with Gasteiger partial charge in [-0.1, -0.05) is 12.1 Å². The van der Waals surface area contributed by atoms with Crippen molar-refractivity contribution in [3.05, 3.63) is 106 Å². The molecule has 0 radical (unpaired) electrons. The highest BCUT2D eigenvalue weighted by Gasteiger charge is 2.54. The number of H-pyrrole nitrogens is 1. The van der Waals surface area contributed by atoms with E-state index < -0.39 is 10.8 Å². The third kappa shape index (κ3) is 6.73. The first-order valence-electron chi connectivity index (χ1n) is 18.0. The zero-order chi connectivity index (χ0) is 36.1. The number of amides is 1. The van der Waals surface area contributed by atoms with Crippen LogP contribution < -0.4 is 24.8 Å². The number of hydrogen-bond donors (Lipinski definition) is 3. The van der Waals surface area contributed by atoms with Gasteiger partial charge in [-0.2, -0.15) is 0 Å². The van der Waals surface area contributed by atoms with Crippen molar-refractivity contribution < 1.29 is 19.2 Å². The Morgan fingerprint density at radius 2 is 1.92 bits per heavy atom. The topological polar surface area (TPSA) is 155 Å². The number of anilines is 2. The Bertz CT molecular complexity index is 2210. The second kappa shape index (κ2) is 13.6. The first-order valence-corrected chi connectivity index (χ1v) is 18.8. The van der Waals surface area contributed by atoms with Crippen molar-refractivity contribution in [2.45, 2.75) is 36.7 Å². The van der Waals surface area contributed by atoms with Gasteiger partial charge in [-0.05, 0) is 78.4 Å². The van der Waals surface area contributed by atoms with Crippen LogP contribution in [0.4, 0.5) is 17.1 Å². The molecule has 1 amide bonds. The molecule has 5 aromatic rings. The number of nitrogens with one attached hydrogen (secondary N) is 2. The predicted octanol–water partition coefficient (Wildman–Crippen LogP) is 6.00. The van der Waals surface area contributed by atoms with Crippen molar-refractivity contribution in [3.63, 3.8) is 0 Å². The van der Waals surface area contributed by atoms with Crippen LogP contribution >= 0.6 is 11.9 Å². The average Bonchev–Trinajstić information content (AvgIpc) is 3.80. The minimum Gasteiger partial charge on any atom is -0.493 e. The first kappa shape index (κ1) is 33.5. The summed E-state index contributed by atoms with van der Waals surface area (Å²) in [5.41, 5.74) is 10.7. The van der Waals surface area contributed by atoms with Gasteiger partial charge < -0.3 is 25.1 Å². The Hall–Kier alpha value is -5.31. The molecule has 14 heteroatoms. The third-order valence-corrected chi connectivity index (χ3v) is 11.9. The molecule has 2 aromatic heterocycles. The van der Waals surface area contributed by atoms with Crippen LogP contribution in [0.15, 0.2) is 84.0 Å². The minimum atomic E-state index is -0.542. The van der Waals surface area contributed by atoms with Crippen molar-refractivity contribution >= 4 is 46.0 Å². The van der Waals surface area contributed by atoms with E-state index in [1.54, 1.807) is 18.3 Å². The Balaban J connectivity index is 0.831. The number of nitro groups is 1. The van der Waals surface area contributed by atoms with E-state index in [9.17, 15) is 14.9 Å². The number of ether oxygens (including phenoxy) is 2. The molecule has 1 aliphatic carbocycles. The highest BCUT2D eigenvalue weighted by Crippen LogP contribution is 2.52. The zero-order valence-electron chi connectivity index (χ0n) is 29.1. The Morgan fingerprint density at radius 3 is 2.75 bits per heavy atom. The van der Waals surface area contributed by atoms with Crippen LogP contribution in [0.3, 0.4) is 0 Å². The van der Waals surface area contributed by atoms with Crippen molar-refractivity contribution in [3.8, 4) is 17.2 Å². The number of carbonyl (C=O) groups is 1. The minimum absolute atomic E-state index is 0.0612. The second-order valence-corrected chi connectivity index (χ2v) is 15.5. The summed E-state index contributed by atoms with van der Waals surface area (Å²) in [6, 6.07) is 21.2. The van der Waals surface area contributed by atoms with Gasteiger partial charge in [0.25, 0.3) is 11.6 Å². The number of carbonyl (C=O) groups excluding carboxylic acids is 1. The van der Waals surface area contributed by atoms with Crippen LogP contribution in [0.2, 0.25) is 0 Å². The van der Waals surface area contributed by atoms with E-state index in [-0.39, 0.29) is 11.4 Å². The van der Waals surface area contributed by atoms with E-state index in [1.807, 2.05) is 30.5 Å². The summed E-state index contributed by atoms with van der Waals surface area (Å²) in [4.78, 5) is 40.0. The third-order valence-electron chi connectivity index (χ3n) is 11.1. The number of piperazine rings is 1. The molecule has 0 bridgehead atoms. The summed E-state index contributed by atoms with van der Waals surface area (Å²) in [6.07, 6.45) is 6.88. The normalized spacial score (nSPS) is 18.3. The summed E-state index contributed by atoms with van der Waals surface area (Å²) in [7, 11) is 0. The molecular weight excluding hydrogens is 693 g/mol. The van der Waals surface area contributed by atoms with Gasteiger partial charge in [0.2, 0.25) is 0 Å². The Morgan fingerprint density at radius 1 is 1.08 bits per heavy atom. The number of aromatic amines is 1. The van der Waals surface area contributed by atoms with Gasteiger partial charge >= 0.3 is 0 Å². The van der Waals surface area contributed by atoms with Gasteiger partial charge in [-0.25, -0.2) is 4.98 Å². The number of nitro benzene ring substituents is 1. The van der Waals surface area contributed by atoms with Crippen molar-refractivity contribution in [2.75, 3.05) is 56.5 Å². The molecule has 53 heavy (non-hydrogen) atoms. The lowest BCUT2D eigenvalue weighted by Crippen LogP contribution is -2.68. The fourth-order valence-corrected chi connectivity index (χ4v) is 8.87. The fourth-order valence-electron chi connectivity index (χ4n) is 8.24. The molecule has 2 saturated heterocycles. The predicted molar refractivity (Wildman–Crippen MR) is 204 cm³/mol. The number of pyridine rings is 1. The molecule has 0 atom stereocenters. The molecule has 3 aromatic carbocycles. The lowest BCUT2D eigenvalue weighted by Gasteiger charge is -2.62. The average molecular weight is 733 g/mol. The number of fused-ring (bicyclic) bond motifs is 2. The van der Waals surface area contributed by atoms with Crippen LogP contribution in [0, 0.1) is 15.5 Å². The molecule has 13 nitrogen and oxygen atoms in total. The highest BCUT2D eigenvalue weighted by atomic mass is 32.2. The maximum absolute atomic E-state index is 13.5. The van der Waals surface area contributed by atoms with Crippen LogP contribution in [0.5, 0.6) is 17.2 Å². The number of hydrogen-bond acceptors (Lipinski definition) is 11. The number of nitrogens with zero attached hydrogens (tertiary/aromatic N) is 5. The van der Waals surface area contributed by atoms with Gasteiger partial charge in [0.15, 0.2) is 0 Å². The van der Waals surface area contributed by atoms with E-state index >= 15 is 0 Å². The van der Waals surface area contributed by atoms with Crippen LogP contribution in [-0.4, -0.2) is 82.5 Å². The summed E-state index contributed by atoms with van der Waals surface area (Å²) >= 11 is 0.981. The molecule has 1 spiro atoms. The number of rotatable bonds is 10. The van der Waals surface area contributed by atoms with Gasteiger partial charge in [-0.3, -0.25) is 29.4 Å². The van der Waals surface area contributed by atoms with Crippen molar-refractivity contribution in [1.82, 2.24) is 24.5 Å². The van der Waals surface area contributed by atoms with E-state index in [2.05, 4.69) is 47.6 Å². The molecular formula is C39H40N8O5S. The summed E-state index contributed by atoms with van der Waals surface area (Å²) in [6.45, 7) is 8.09. The molecule has 4 aliphatic rings. The fraction of sp³-hybridized carbons (Fsp3) is 0.333. The smallest absolute Gasteiger partial charge is 0.293 e. The molecule has 3 aliphatic heterocycles. The zero-order valence-corrected chi connectivity index (χ0v) is 29.9. The second-order valence-electron chi connectivity index (χ2n) is 14.7. The van der Waals surface area contributed by atoms with Gasteiger partial charge in [0.05, 0.1) is 23.3 Å². The first-order chi connectivity index (χ1) is 25.8. The Labute approximate surface area is 310 Å². The molecule has 3 fully saturated rings. The van der Waals surface area contributed by atoms with E-state index in [4.69, 9.17) is 15.2 Å². The van der Waals surface area contributed by atoms with Gasteiger partial charge in [-0.15, -0.1) is 0 Å². The quantitative estimate of drug-likeness (QED) is 0.0670. The molecule has 0 unspecified atom stereocenters. The number of nitrogen functional groups attached to an aromatic ring is 1. The highest BCUT2D eigenvalue weighted by molar-refractivity contribution is 7.98. The summed E-state index contributed by atoms with van der Waals surface area (Å²) in [5, 5.41) is 12.3. The molecule has 1 saturated carbocycles. The monoisotopic (exact) mass is 732 g/mol. The molecule has 5 heterocycles. The number of aromatic nitrogens is 2. The molecule has 272 valence electrons. The summed E-state index contributed by atoms with van der Waals surface area (Å²) < 4.78 is 14.9. The lowest BCUT2D eigenvalue weighted by atomic mass is 9.60. The van der Waals surface area contributed by atoms with E-state index in [0.717, 1.165) is 93.3 Å². The molecule has 4 N–H and O–H groups in total. The van der Waals surface area contributed by atoms with E-state index in [1.165, 1.54) is 36.1 Å². The SMILES string of the molecule is Nc1ccc(SNC(=O)c2ccc(N3CC4(CC(N5CCN(Cc6ccc7c(c6)OCC7)CC5)C4)C3)cc2Oc2cnc3[nH]ccc3c2)cc1[N+](=O)[O-]. The number of benzene rings is 3. The largest absolute Gasteiger partial charge is 0.493 e. The van der Waals surface area contributed by atoms with Crippen LogP contribution in [0.1, 0.15) is 34.3 Å². The summed E-state index contributed by atoms with van der Waals surface area (Å²) in [5.74, 6) is 1.58. The van der Waals surface area contributed by atoms with Crippen molar-refractivity contribution in [1.29, 1.82) is 0 Å². The lowest BCUT2D eigenvalue weighted by molar-refractivity contribution is -0.384. The van der Waals surface area contributed by atoms with Gasteiger partial charge in [0.1, 0.15) is 28.6 Å². The standard InChI is InChI=1S/C39H40N8O5S/c40-33-6-4-31(18-34(33)47(49)50)53-43-38(48)32-5-3-28(17-36(32)52-30-16-27-7-9-41-37(27)42-21-30)46-23-39(24-46)19-29(20-39)45-12-10-44(11-13-45)22-25-1-2-26-8-14-51-35(26)15-25/h1-7,9,15-18,21,29H,8,10-14,19-20,22-24,40H2,(H,41,42)(H,43,48). The molecule has 9 rings (SSSR count).